The van der Waals surface area contributed by atoms with Gasteiger partial charge in [-0.3, -0.25) is 0 Å². The van der Waals surface area contributed by atoms with Crippen molar-refractivity contribution in [3.8, 4) is 11.5 Å². The van der Waals surface area contributed by atoms with Crippen LogP contribution in [0.1, 0.15) is 44.8 Å². The minimum atomic E-state index is -0.393. The van der Waals surface area contributed by atoms with Gasteiger partial charge in [-0.15, -0.1) is 0 Å². The van der Waals surface area contributed by atoms with Gasteiger partial charge in [-0.05, 0) is 54.7 Å². The first-order valence-corrected chi connectivity index (χ1v) is 7.71. The van der Waals surface area contributed by atoms with Crippen LogP contribution in [-0.2, 0) is 0 Å². The zero-order chi connectivity index (χ0) is 14.1. The SMILES string of the molecule is CC1CC(C)CC(C(O)c2ccc3c(c2)OCCO3)C1. The molecule has 1 heterocycles. The summed E-state index contributed by atoms with van der Waals surface area (Å²) in [4.78, 5) is 0. The molecule has 110 valence electrons. The fourth-order valence-electron chi connectivity index (χ4n) is 3.78. The van der Waals surface area contributed by atoms with Crippen LogP contribution in [0.2, 0.25) is 0 Å². The van der Waals surface area contributed by atoms with Gasteiger partial charge in [-0.2, -0.15) is 0 Å². The fourth-order valence-corrected chi connectivity index (χ4v) is 3.78. The van der Waals surface area contributed by atoms with Gasteiger partial charge >= 0.3 is 0 Å². The zero-order valence-corrected chi connectivity index (χ0v) is 12.3. The summed E-state index contributed by atoms with van der Waals surface area (Å²) in [6.07, 6.45) is 3.11. The van der Waals surface area contributed by atoms with E-state index in [0.29, 0.717) is 31.0 Å². The van der Waals surface area contributed by atoms with Crippen molar-refractivity contribution in [3.05, 3.63) is 23.8 Å². The number of rotatable bonds is 2. The van der Waals surface area contributed by atoms with E-state index in [2.05, 4.69) is 13.8 Å². The van der Waals surface area contributed by atoms with Crippen molar-refractivity contribution in [3.63, 3.8) is 0 Å². The van der Waals surface area contributed by atoms with E-state index < -0.39 is 6.10 Å². The van der Waals surface area contributed by atoms with Crippen LogP contribution in [0.25, 0.3) is 0 Å². The Hall–Kier alpha value is -1.22. The van der Waals surface area contributed by atoms with Crippen molar-refractivity contribution in [1.82, 2.24) is 0 Å². The Morgan fingerprint density at radius 2 is 1.65 bits per heavy atom. The molecule has 1 fully saturated rings. The second kappa shape index (κ2) is 5.65. The first-order chi connectivity index (χ1) is 9.63. The number of ether oxygens (including phenoxy) is 2. The van der Waals surface area contributed by atoms with Gasteiger partial charge in [0.25, 0.3) is 0 Å². The summed E-state index contributed by atoms with van der Waals surface area (Å²) in [7, 11) is 0. The predicted octanol–water partition coefficient (Wildman–Crippen LogP) is 3.56. The summed E-state index contributed by atoms with van der Waals surface area (Å²) in [6.45, 7) is 5.77. The molecule has 1 saturated carbocycles. The largest absolute Gasteiger partial charge is 0.486 e. The molecule has 3 nitrogen and oxygen atoms in total. The molecule has 1 N–H and O–H groups in total. The molecule has 3 heteroatoms. The first kappa shape index (κ1) is 13.7. The van der Waals surface area contributed by atoms with Crippen molar-refractivity contribution in [2.24, 2.45) is 17.8 Å². The molecule has 0 radical (unpaired) electrons. The van der Waals surface area contributed by atoms with E-state index in [1.54, 1.807) is 0 Å². The third-order valence-corrected chi connectivity index (χ3v) is 4.57. The highest BCUT2D eigenvalue weighted by Crippen LogP contribution is 2.41. The number of hydrogen-bond acceptors (Lipinski definition) is 3. The van der Waals surface area contributed by atoms with Crippen LogP contribution in [0.4, 0.5) is 0 Å². The highest BCUT2D eigenvalue weighted by molar-refractivity contribution is 5.44. The van der Waals surface area contributed by atoms with Gasteiger partial charge in [-0.25, -0.2) is 0 Å². The maximum atomic E-state index is 10.7. The van der Waals surface area contributed by atoms with Gasteiger partial charge in [0.05, 0.1) is 6.10 Å². The zero-order valence-electron chi connectivity index (χ0n) is 12.3. The molecule has 0 spiro atoms. The number of hydrogen-bond donors (Lipinski definition) is 1. The Morgan fingerprint density at radius 3 is 2.35 bits per heavy atom. The standard InChI is InChI=1S/C17H24O3/c1-11-7-12(2)9-14(8-11)17(18)13-3-4-15-16(10-13)20-6-5-19-15/h3-4,10-12,14,17-18H,5-9H2,1-2H3. The molecule has 3 unspecified atom stereocenters. The van der Waals surface area contributed by atoms with Crippen LogP contribution >= 0.6 is 0 Å². The molecule has 0 saturated heterocycles. The van der Waals surface area contributed by atoms with Crippen LogP contribution in [0.15, 0.2) is 18.2 Å². The predicted molar refractivity (Wildman–Crippen MR) is 78.1 cm³/mol. The third-order valence-electron chi connectivity index (χ3n) is 4.57. The molecule has 20 heavy (non-hydrogen) atoms. The molecule has 1 aromatic carbocycles. The van der Waals surface area contributed by atoms with E-state index in [4.69, 9.17) is 9.47 Å². The van der Waals surface area contributed by atoms with Crippen molar-refractivity contribution >= 4 is 0 Å². The molecule has 3 atom stereocenters. The number of benzene rings is 1. The van der Waals surface area contributed by atoms with Crippen molar-refractivity contribution in [1.29, 1.82) is 0 Å². The van der Waals surface area contributed by atoms with Crippen LogP contribution in [0.3, 0.4) is 0 Å². The van der Waals surface area contributed by atoms with Gasteiger partial charge in [0.1, 0.15) is 13.2 Å². The minimum Gasteiger partial charge on any atom is -0.486 e. The monoisotopic (exact) mass is 276 g/mol. The van der Waals surface area contributed by atoms with Gasteiger partial charge in [0.15, 0.2) is 11.5 Å². The molecule has 0 aromatic heterocycles. The van der Waals surface area contributed by atoms with Crippen molar-refractivity contribution in [2.45, 2.75) is 39.2 Å². The van der Waals surface area contributed by atoms with E-state index >= 15 is 0 Å². The smallest absolute Gasteiger partial charge is 0.161 e. The van der Waals surface area contributed by atoms with Crippen LogP contribution in [0.5, 0.6) is 11.5 Å². The van der Waals surface area contributed by atoms with E-state index in [1.165, 1.54) is 6.42 Å². The Morgan fingerprint density at radius 1 is 1.00 bits per heavy atom. The summed E-state index contributed by atoms with van der Waals surface area (Å²) in [5.41, 5.74) is 0.959. The summed E-state index contributed by atoms with van der Waals surface area (Å²) in [5, 5.41) is 10.7. The van der Waals surface area contributed by atoms with E-state index in [9.17, 15) is 5.11 Å². The fraction of sp³-hybridized carbons (Fsp3) is 0.647. The maximum absolute atomic E-state index is 10.7. The average Bonchev–Trinajstić information content (AvgIpc) is 2.45. The Labute approximate surface area is 120 Å². The maximum Gasteiger partial charge on any atom is 0.161 e. The van der Waals surface area contributed by atoms with Gasteiger partial charge in [0, 0.05) is 0 Å². The second-order valence-electron chi connectivity index (χ2n) is 6.53. The molecule has 2 aliphatic rings. The number of fused-ring (bicyclic) bond motifs is 1. The summed E-state index contributed by atoms with van der Waals surface area (Å²) in [5.74, 6) is 3.32. The molecule has 1 aliphatic carbocycles. The lowest BCUT2D eigenvalue weighted by molar-refractivity contribution is 0.0547. The second-order valence-corrected chi connectivity index (χ2v) is 6.53. The summed E-state index contributed by atoms with van der Waals surface area (Å²) in [6, 6.07) is 5.84. The topological polar surface area (TPSA) is 38.7 Å². The van der Waals surface area contributed by atoms with Crippen LogP contribution in [0, 0.1) is 17.8 Å². The number of aliphatic hydroxyl groups excluding tert-OH is 1. The van der Waals surface area contributed by atoms with Crippen LogP contribution < -0.4 is 9.47 Å². The molecular weight excluding hydrogens is 252 g/mol. The van der Waals surface area contributed by atoms with E-state index in [-0.39, 0.29) is 0 Å². The lowest BCUT2D eigenvalue weighted by Crippen LogP contribution is -2.25. The van der Waals surface area contributed by atoms with Crippen molar-refractivity contribution < 1.29 is 14.6 Å². The molecule has 3 rings (SSSR count). The van der Waals surface area contributed by atoms with Crippen molar-refractivity contribution in [2.75, 3.05) is 13.2 Å². The van der Waals surface area contributed by atoms with Gasteiger partial charge in [-0.1, -0.05) is 19.9 Å². The Kier molecular flexibility index (Phi) is 3.88. The van der Waals surface area contributed by atoms with Crippen LogP contribution in [-0.4, -0.2) is 18.3 Å². The van der Waals surface area contributed by atoms with E-state index in [0.717, 1.165) is 29.9 Å². The number of aliphatic hydroxyl groups is 1. The lowest BCUT2D eigenvalue weighted by atomic mass is 9.73. The molecule has 1 aromatic rings. The summed E-state index contributed by atoms with van der Waals surface area (Å²) < 4.78 is 11.1. The Balaban J connectivity index is 1.77. The van der Waals surface area contributed by atoms with Gasteiger partial charge in [0.2, 0.25) is 0 Å². The lowest BCUT2D eigenvalue weighted by Gasteiger charge is -2.34. The molecule has 1 aliphatic heterocycles. The third kappa shape index (κ3) is 2.78. The highest BCUT2D eigenvalue weighted by Gasteiger charge is 2.30. The highest BCUT2D eigenvalue weighted by atomic mass is 16.6. The average molecular weight is 276 g/mol. The van der Waals surface area contributed by atoms with E-state index in [1.807, 2.05) is 18.2 Å². The Bertz CT molecular complexity index is 461. The minimum absolute atomic E-state index is 0.358. The molecule has 0 bridgehead atoms. The molecular formula is C17H24O3. The first-order valence-electron chi connectivity index (χ1n) is 7.71. The van der Waals surface area contributed by atoms with Gasteiger partial charge < -0.3 is 14.6 Å². The summed E-state index contributed by atoms with van der Waals surface area (Å²) >= 11 is 0. The quantitative estimate of drug-likeness (QED) is 0.897. The molecule has 0 amide bonds. The normalized spacial score (nSPS) is 30.9.